The number of hydrogen-bond donors (Lipinski definition) is 0. The van der Waals surface area contributed by atoms with Crippen molar-refractivity contribution in [2.24, 2.45) is 7.05 Å². The second-order valence-electron chi connectivity index (χ2n) is 5.50. The fraction of sp³-hybridized carbons (Fsp3) is 0.100. The van der Waals surface area contributed by atoms with E-state index >= 15 is 0 Å². The van der Waals surface area contributed by atoms with Crippen LogP contribution in [0.4, 0.5) is 0 Å². The molecule has 0 amide bonds. The number of aromatic nitrogens is 1. The summed E-state index contributed by atoms with van der Waals surface area (Å²) in [6, 6.07) is 17.9. The van der Waals surface area contributed by atoms with Crippen LogP contribution >= 0.6 is 0 Å². The largest absolute Gasteiger partial charge is 1.00 e. The smallest absolute Gasteiger partial charge is 0.212 e. The molecule has 2 nitrogen and oxygen atoms in total. The van der Waals surface area contributed by atoms with Gasteiger partial charge in [-0.3, -0.25) is 4.79 Å². The number of halogens is 1. The highest BCUT2D eigenvalue weighted by atomic mass is 127. The number of benzene rings is 2. The van der Waals surface area contributed by atoms with Crippen LogP contribution in [0.15, 0.2) is 66.9 Å². The minimum absolute atomic E-state index is 0. The lowest BCUT2D eigenvalue weighted by Crippen LogP contribution is -3.00. The highest BCUT2D eigenvalue weighted by molar-refractivity contribution is 6.06. The molecule has 0 spiro atoms. The molecule has 116 valence electrons. The van der Waals surface area contributed by atoms with Gasteiger partial charge in [0.25, 0.3) is 0 Å². The molecule has 0 radical (unpaired) electrons. The van der Waals surface area contributed by atoms with E-state index in [1.807, 2.05) is 62.6 Å². The number of hydrogen-bond acceptors (Lipinski definition) is 1. The molecule has 3 heteroatoms. The molecule has 3 aromatic rings. The zero-order valence-corrected chi connectivity index (χ0v) is 15.3. The number of carbonyl (C=O) groups excluding carboxylic acids is 1. The third-order valence-corrected chi connectivity index (χ3v) is 3.78. The molecule has 23 heavy (non-hydrogen) atoms. The Balaban J connectivity index is 0.00000192. The van der Waals surface area contributed by atoms with Crippen molar-refractivity contribution in [1.82, 2.24) is 0 Å². The van der Waals surface area contributed by atoms with E-state index in [9.17, 15) is 4.79 Å². The number of carbonyl (C=O) groups is 1. The van der Waals surface area contributed by atoms with E-state index < -0.39 is 0 Å². The van der Waals surface area contributed by atoms with E-state index in [4.69, 9.17) is 0 Å². The second-order valence-corrected chi connectivity index (χ2v) is 5.50. The predicted octanol–water partition coefficient (Wildman–Crippen LogP) is 0.873. The minimum Gasteiger partial charge on any atom is -1.00 e. The first-order valence-electron chi connectivity index (χ1n) is 7.31. The van der Waals surface area contributed by atoms with Crippen LogP contribution in [-0.4, -0.2) is 5.78 Å². The van der Waals surface area contributed by atoms with Crippen LogP contribution in [0, 0.1) is 6.92 Å². The Hall–Kier alpha value is -2.01. The van der Waals surface area contributed by atoms with E-state index in [-0.39, 0.29) is 29.8 Å². The van der Waals surface area contributed by atoms with Gasteiger partial charge in [-0.15, -0.1) is 0 Å². The van der Waals surface area contributed by atoms with Gasteiger partial charge in [-0.05, 0) is 36.8 Å². The zero-order valence-electron chi connectivity index (χ0n) is 13.2. The van der Waals surface area contributed by atoms with E-state index in [0.717, 1.165) is 16.5 Å². The third kappa shape index (κ3) is 4.05. The molecule has 0 bridgehead atoms. The normalized spacial score (nSPS) is 10.7. The molecule has 0 atom stereocenters. The van der Waals surface area contributed by atoms with Crippen molar-refractivity contribution in [3.05, 3.63) is 83.6 Å². The van der Waals surface area contributed by atoms with E-state index in [1.54, 1.807) is 6.08 Å². The summed E-state index contributed by atoms with van der Waals surface area (Å²) in [4.78, 5) is 12.2. The van der Waals surface area contributed by atoms with E-state index in [2.05, 4.69) is 22.8 Å². The van der Waals surface area contributed by atoms with Crippen LogP contribution in [0.1, 0.15) is 21.5 Å². The Morgan fingerprint density at radius 3 is 2.52 bits per heavy atom. The van der Waals surface area contributed by atoms with Gasteiger partial charge < -0.3 is 24.0 Å². The first-order valence-corrected chi connectivity index (χ1v) is 7.31. The standard InChI is InChI=1S/C20H18NO.HI/c1-15-5-9-17(10-6-15)20(22)12-8-16-7-11-19-18(14-16)4-3-13-21(19)2;/h3-14H,1-2H3;1H/q+1;/p-1/b12-8+;. The number of aryl methyl sites for hydroxylation is 2. The van der Waals surface area contributed by atoms with Crippen LogP contribution in [0.2, 0.25) is 0 Å². The maximum absolute atomic E-state index is 12.2. The van der Waals surface area contributed by atoms with Gasteiger partial charge in [-0.25, -0.2) is 4.57 Å². The minimum atomic E-state index is 0. The van der Waals surface area contributed by atoms with Crippen molar-refractivity contribution in [3.63, 3.8) is 0 Å². The van der Waals surface area contributed by atoms with Gasteiger partial charge in [0.05, 0.1) is 0 Å². The van der Waals surface area contributed by atoms with Crippen molar-refractivity contribution in [3.8, 4) is 0 Å². The van der Waals surface area contributed by atoms with Gasteiger partial charge in [-0.2, -0.15) is 0 Å². The number of rotatable bonds is 3. The first-order chi connectivity index (χ1) is 10.6. The molecule has 2 aromatic carbocycles. The molecule has 0 aliphatic carbocycles. The Morgan fingerprint density at radius 2 is 1.78 bits per heavy atom. The summed E-state index contributed by atoms with van der Waals surface area (Å²) in [6.45, 7) is 2.01. The predicted molar refractivity (Wildman–Crippen MR) is 89.7 cm³/mol. The van der Waals surface area contributed by atoms with Crippen LogP contribution in [0.3, 0.4) is 0 Å². The molecule has 0 N–H and O–H groups in total. The van der Waals surface area contributed by atoms with Gasteiger partial charge in [0.1, 0.15) is 7.05 Å². The summed E-state index contributed by atoms with van der Waals surface area (Å²) in [5, 5.41) is 1.16. The van der Waals surface area contributed by atoms with Crippen molar-refractivity contribution < 1.29 is 33.3 Å². The molecule has 3 rings (SSSR count). The Labute approximate surface area is 153 Å². The first kappa shape index (κ1) is 17.3. The monoisotopic (exact) mass is 415 g/mol. The quantitative estimate of drug-likeness (QED) is 0.269. The average Bonchev–Trinajstić information content (AvgIpc) is 2.53. The fourth-order valence-electron chi connectivity index (χ4n) is 2.47. The van der Waals surface area contributed by atoms with Crippen LogP contribution in [0.25, 0.3) is 17.0 Å². The number of fused-ring (bicyclic) bond motifs is 1. The van der Waals surface area contributed by atoms with Gasteiger partial charge in [0.2, 0.25) is 5.52 Å². The van der Waals surface area contributed by atoms with Crippen LogP contribution in [-0.2, 0) is 7.05 Å². The molecular formula is C20H18INO. The number of allylic oxidation sites excluding steroid dienone is 1. The summed E-state index contributed by atoms with van der Waals surface area (Å²) in [6.07, 6.45) is 5.53. The molecule has 0 saturated heterocycles. The van der Waals surface area contributed by atoms with Gasteiger partial charge >= 0.3 is 0 Å². The fourth-order valence-corrected chi connectivity index (χ4v) is 2.47. The molecule has 0 fully saturated rings. The lowest BCUT2D eigenvalue weighted by molar-refractivity contribution is -0.644. The summed E-state index contributed by atoms with van der Waals surface area (Å²) in [5.74, 6) is 0.0266. The molecular weight excluding hydrogens is 397 g/mol. The van der Waals surface area contributed by atoms with Crippen LogP contribution < -0.4 is 28.5 Å². The second kappa shape index (κ2) is 7.51. The zero-order chi connectivity index (χ0) is 15.5. The maximum atomic E-state index is 12.2. The van der Waals surface area contributed by atoms with Crippen molar-refractivity contribution in [2.75, 3.05) is 0 Å². The summed E-state index contributed by atoms with van der Waals surface area (Å²) in [7, 11) is 2.03. The SMILES string of the molecule is Cc1ccc(C(=O)/C=C/c2ccc3c(ccc[n+]3C)c2)cc1.[I-]. The number of nitrogens with zero attached hydrogens (tertiary/aromatic N) is 1. The highest BCUT2D eigenvalue weighted by Crippen LogP contribution is 2.14. The molecule has 0 saturated carbocycles. The van der Waals surface area contributed by atoms with Crippen molar-refractivity contribution in [1.29, 1.82) is 0 Å². The summed E-state index contributed by atoms with van der Waals surface area (Å²) < 4.78 is 2.08. The average molecular weight is 415 g/mol. The van der Waals surface area contributed by atoms with E-state index in [1.165, 1.54) is 5.52 Å². The van der Waals surface area contributed by atoms with E-state index in [0.29, 0.717) is 5.56 Å². The van der Waals surface area contributed by atoms with Gasteiger partial charge in [0, 0.05) is 23.1 Å². The van der Waals surface area contributed by atoms with Crippen LogP contribution in [0.5, 0.6) is 0 Å². The lowest BCUT2D eigenvalue weighted by Gasteiger charge is -1.99. The number of pyridine rings is 1. The molecule has 0 unspecified atom stereocenters. The van der Waals surface area contributed by atoms with Crippen molar-refractivity contribution >= 4 is 22.8 Å². The highest BCUT2D eigenvalue weighted by Gasteiger charge is 2.04. The molecule has 0 aliphatic rings. The topological polar surface area (TPSA) is 20.9 Å². The van der Waals surface area contributed by atoms with Crippen molar-refractivity contribution in [2.45, 2.75) is 6.92 Å². The summed E-state index contributed by atoms with van der Waals surface area (Å²) in [5.41, 5.74) is 4.07. The van der Waals surface area contributed by atoms with Gasteiger partial charge in [-0.1, -0.05) is 35.9 Å². The third-order valence-electron chi connectivity index (χ3n) is 3.78. The Bertz CT molecular complexity index is 866. The molecule has 0 aliphatic heterocycles. The molecule has 1 heterocycles. The Kier molecular flexibility index (Phi) is 5.66. The lowest BCUT2D eigenvalue weighted by atomic mass is 10.1. The number of ketones is 1. The Morgan fingerprint density at radius 1 is 1.04 bits per heavy atom. The van der Waals surface area contributed by atoms with Gasteiger partial charge in [0.15, 0.2) is 12.0 Å². The maximum Gasteiger partial charge on any atom is 0.212 e. The summed E-state index contributed by atoms with van der Waals surface area (Å²) >= 11 is 0. The molecule has 1 aromatic heterocycles.